The van der Waals surface area contributed by atoms with Crippen molar-refractivity contribution in [2.24, 2.45) is 0 Å². The van der Waals surface area contributed by atoms with E-state index in [1.807, 2.05) is 0 Å². The van der Waals surface area contributed by atoms with Crippen LogP contribution in [-0.4, -0.2) is 39.0 Å². The lowest BCUT2D eigenvalue weighted by molar-refractivity contribution is 0.0604. The van der Waals surface area contributed by atoms with Crippen LogP contribution in [0, 0.1) is 6.92 Å². The number of sulfonamides is 1. The first-order valence-electron chi connectivity index (χ1n) is 6.34. The third kappa shape index (κ3) is 2.91. The predicted molar refractivity (Wildman–Crippen MR) is 74.4 cm³/mol. The van der Waals surface area contributed by atoms with Crippen LogP contribution in [0.4, 0.5) is 5.69 Å². The number of benzene rings is 1. The summed E-state index contributed by atoms with van der Waals surface area (Å²) in [7, 11) is -1.79. The highest BCUT2D eigenvalue weighted by Gasteiger charge is 2.30. The monoisotopic (exact) mass is 284 g/mol. The van der Waals surface area contributed by atoms with Crippen molar-refractivity contribution < 1.29 is 13.2 Å². The molecule has 1 aliphatic rings. The summed E-state index contributed by atoms with van der Waals surface area (Å²) in [5.41, 5.74) is 6.89. The molecule has 0 unspecified atom stereocenters. The van der Waals surface area contributed by atoms with E-state index in [-0.39, 0.29) is 6.10 Å². The minimum absolute atomic E-state index is 0.161. The highest BCUT2D eigenvalue weighted by atomic mass is 32.2. The number of nitrogens with two attached hydrogens (primary N) is 1. The minimum atomic E-state index is -3.45. The van der Waals surface area contributed by atoms with Gasteiger partial charge in [0.15, 0.2) is 0 Å². The van der Waals surface area contributed by atoms with Gasteiger partial charge in [-0.15, -0.1) is 0 Å². The average molecular weight is 284 g/mol. The van der Waals surface area contributed by atoms with Gasteiger partial charge in [0.1, 0.15) is 0 Å². The Bertz CT molecular complexity index is 549. The van der Waals surface area contributed by atoms with Gasteiger partial charge in [0.05, 0.1) is 11.0 Å². The Morgan fingerprint density at radius 2 is 1.95 bits per heavy atom. The first-order chi connectivity index (χ1) is 8.95. The molecule has 106 valence electrons. The van der Waals surface area contributed by atoms with E-state index in [9.17, 15) is 8.42 Å². The summed E-state index contributed by atoms with van der Waals surface area (Å²) >= 11 is 0. The first kappa shape index (κ1) is 14.3. The number of ether oxygens (including phenoxy) is 1. The lowest BCUT2D eigenvalue weighted by Crippen LogP contribution is -2.40. The van der Waals surface area contributed by atoms with E-state index in [1.54, 1.807) is 26.2 Å². The normalized spacial score (nSPS) is 18.6. The van der Waals surface area contributed by atoms with Crippen LogP contribution in [-0.2, 0) is 14.8 Å². The third-order valence-electron chi connectivity index (χ3n) is 3.56. The second kappa shape index (κ2) is 5.48. The molecule has 19 heavy (non-hydrogen) atoms. The Balaban J connectivity index is 2.26. The van der Waals surface area contributed by atoms with Crippen molar-refractivity contribution in [1.82, 2.24) is 4.31 Å². The Morgan fingerprint density at radius 3 is 2.53 bits per heavy atom. The number of hydrogen-bond donors (Lipinski definition) is 1. The average Bonchev–Trinajstić information content (AvgIpc) is 2.41. The number of aryl methyl sites for hydroxylation is 1. The van der Waals surface area contributed by atoms with Gasteiger partial charge in [-0.2, -0.15) is 4.31 Å². The molecule has 1 aromatic carbocycles. The van der Waals surface area contributed by atoms with Gasteiger partial charge in [0, 0.05) is 25.9 Å². The van der Waals surface area contributed by atoms with Crippen molar-refractivity contribution in [3.8, 4) is 0 Å². The molecule has 0 amide bonds. The summed E-state index contributed by atoms with van der Waals surface area (Å²) in [6, 6.07) is 4.99. The van der Waals surface area contributed by atoms with Crippen LogP contribution in [0.2, 0.25) is 0 Å². The van der Waals surface area contributed by atoms with Gasteiger partial charge in [0.25, 0.3) is 0 Å². The zero-order valence-corrected chi connectivity index (χ0v) is 12.1. The molecule has 0 saturated carbocycles. The number of rotatable bonds is 3. The molecule has 0 atom stereocenters. The molecule has 1 heterocycles. The van der Waals surface area contributed by atoms with Crippen LogP contribution < -0.4 is 5.73 Å². The van der Waals surface area contributed by atoms with E-state index in [2.05, 4.69) is 0 Å². The van der Waals surface area contributed by atoms with E-state index in [1.165, 1.54) is 10.4 Å². The lowest BCUT2D eigenvalue weighted by atomic mass is 10.1. The standard InChI is InChI=1S/C13H20N2O3S/c1-10-3-4-11(14)9-13(10)19(16,17)15-7-5-12(18-2)6-8-15/h3-4,9,12H,5-8,14H2,1-2H3. The maximum Gasteiger partial charge on any atom is 0.243 e. The van der Waals surface area contributed by atoms with Crippen LogP contribution in [0.15, 0.2) is 23.1 Å². The van der Waals surface area contributed by atoms with Gasteiger partial charge >= 0.3 is 0 Å². The maximum atomic E-state index is 12.6. The van der Waals surface area contributed by atoms with Gasteiger partial charge in [0.2, 0.25) is 10.0 Å². The molecule has 5 nitrogen and oxygen atoms in total. The van der Waals surface area contributed by atoms with E-state index >= 15 is 0 Å². The molecule has 1 aromatic rings. The highest BCUT2D eigenvalue weighted by Crippen LogP contribution is 2.25. The maximum absolute atomic E-state index is 12.6. The number of hydrogen-bond acceptors (Lipinski definition) is 4. The van der Waals surface area contributed by atoms with Crippen LogP contribution in [0.1, 0.15) is 18.4 Å². The number of methoxy groups -OCH3 is 1. The second-order valence-electron chi connectivity index (χ2n) is 4.86. The van der Waals surface area contributed by atoms with Crippen molar-refractivity contribution in [2.45, 2.75) is 30.8 Å². The van der Waals surface area contributed by atoms with E-state index in [0.29, 0.717) is 23.7 Å². The Hall–Kier alpha value is -1.11. The van der Waals surface area contributed by atoms with Gasteiger partial charge in [-0.05, 0) is 37.5 Å². The van der Waals surface area contributed by atoms with E-state index in [4.69, 9.17) is 10.5 Å². The lowest BCUT2D eigenvalue weighted by Gasteiger charge is -2.30. The SMILES string of the molecule is COC1CCN(S(=O)(=O)c2cc(N)ccc2C)CC1. The molecular weight excluding hydrogens is 264 g/mol. The molecule has 0 bridgehead atoms. The molecule has 2 N–H and O–H groups in total. The van der Waals surface area contributed by atoms with Gasteiger partial charge < -0.3 is 10.5 Å². The Kier molecular flexibility index (Phi) is 4.13. The number of piperidine rings is 1. The Morgan fingerprint density at radius 1 is 1.32 bits per heavy atom. The molecule has 1 aliphatic heterocycles. The quantitative estimate of drug-likeness (QED) is 0.851. The topological polar surface area (TPSA) is 72.6 Å². The summed E-state index contributed by atoms with van der Waals surface area (Å²) < 4.78 is 31.9. The first-order valence-corrected chi connectivity index (χ1v) is 7.78. The highest BCUT2D eigenvalue weighted by molar-refractivity contribution is 7.89. The van der Waals surface area contributed by atoms with Crippen molar-refractivity contribution in [2.75, 3.05) is 25.9 Å². The zero-order valence-electron chi connectivity index (χ0n) is 11.3. The third-order valence-corrected chi connectivity index (χ3v) is 5.60. The molecule has 1 saturated heterocycles. The predicted octanol–water partition coefficient (Wildman–Crippen LogP) is 1.38. The van der Waals surface area contributed by atoms with Crippen molar-refractivity contribution in [3.05, 3.63) is 23.8 Å². The molecule has 2 rings (SSSR count). The largest absolute Gasteiger partial charge is 0.399 e. The molecule has 0 radical (unpaired) electrons. The van der Waals surface area contributed by atoms with Crippen LogP contribution in [0.25, 0.3) is 0 Å². The van der Waals surface area contributed by atoms with Crippen molar-refractivity contribution in [1.29, 1.82) is 0 Å². The summed E-state index contributed by atoms with van der Waals surface area (Å²) in [6.07, 6.45) is 1.63. The van der Waals surface area contributed by atoms with Gasteiger partial charge in [-0.25, -0.2) is 8.42 Å². The fourth-order valence-electron chi connectivity index (χ4n) is 2.34. The zero-order chi connectivity index (χ0) is 14.0. The van der Waals surface area contributed by atoms with Gasteiger partial charge in [-0.3, -0.25) is 0 Å². The fourth-order valence-corrected chi connectivity index (χ4v) is 4.07. The smallest absolute Gasteiger partial charge is 0.243 e. The molecule has 0 spiro atoms. The molecular formula is C13H20N2O3S. The van der Waals surface area contributed by atoms with Crippen LogP contribution in [0.3, 0.4) is 0 Å². The summed E-state index contributed by atoms with van der Waals surface area (Å²) in [6.45, 7) is 2.78. The van der Waals surface area contributed by atoms with E-state index < -0.39 is 10.0 Å². The Labute approximate surface area is 114 Å². The summed E-state index contributed by atoms with van der Waals surface area (Å²) in [4.78, 5) is 0.309. The number of anilines is 1. The summed E-state index contributed by atoms with van der Waals surface area (Å²) in [5, 5.41) is 0. The van der Waals surface area contributed by atoms with Crippen molar-refractivity contribution >= 4 is 15.7 Å². The molecule has 0 aliphatic carbocycles. The van der Waals surface area contributed by atoms with Crippen molar-refractivity contribution in [3.63, 3.8) is 0 Å². The van der Waals surface area contributed by atoms with Crippen LogP contribution in [0.5, 0.6) is 0 Å². The molecule has 0 aromatic heterocycles. The van der Waals surface area contributed by atoms with Gasteiger partial charge in [-0.1, -0.05) is 6.07 Å². The van der Waals surface area contributed by atoms with Crippen LogP contribution >= 0.6 is 0 Å². The second-order valence-corrected chi connectivity index (χ2v) is 6.77. The molecule has 6 heteroatoms. The number of nitrogens with zero attached hydrogens (tertiary/aromatic N) is 1. The fraction of sp³-hybridized carbons (Fsp3) is 0.538. The summed E-state index contributed by atoms with van der Waals surface area (Å²) in [5.74, 6) is 0. The minimum Gasteiger partial charge on any atom is -0.399 e. The number of nitrogen functional groups attached to an aromatic ring is 1. The van der Waals surface area contributed by atoms with E-state index in [0.717, 1.165) is 18.4 Å². The molecule has 1 fully saturated rings.